The van der Waals surface area contributed by atoms with Gasteiger partial charge in [0.05, 0.1) is 0 Å². The summed E-state index contributed by atoms with van der Waals surface area (Å²) in [6.45, 7) is 2.04. The molecule has 0 saturated carbocycles. The van der Waals surface area contributed by atoms with Crippen LogP contribution in [0.4, 0.5) is 5.69 Å². The Morgan fingerprint density at radius 1 is 1.00 bits per heavy atom. The van der Waals surface area contributed by atoms with Gasteiger partial charge in [0.2, 0.25) is 0 Å². The summed E-state index contributed by atoms with van der Waals surface area (Å²) in [7, 11) is 0. The van der Waals surface area contributed by atoms with Crippen molar-refractivity contribution in [3.05, 3.63) is 29.8 Å². The topological polar surface area (TPSA) is 78.1 Å². The van der Waals surface area contributed by atoms with Crippen molar-refractivity contribution in [2.24, 2.45) is 11.7 Å². The number of hydrogen-bond donors (Lipinski definition) is 3. The van der Waals surface area contributed by atoms with Crippen LogP contribution in [0.1, 0.15) is 5.56 Å². The van der Waals surface area contributed by atoms with Gasteiger partial charge in [0.15, 0.2) is 0 Å². The number of anilines is 1. The third-order valence-corrected chi connectivity index (χ3v) is 1.08. The van der Waals surface area contributed by atoms with E-state index in [1.165, 1.54) is 5.56 Å². The Kier molecular flexibility index (Phi) is 4.28. The zero-order valence-electron chi connectivity index (χ0n) is 6.04. The molecule has 0 aliphatic rings. The molecule has 3 heteroatoms. The molecule has 0 saturated heterocycles. The van der Waals surface area contributed by atoms with Gasteiger partial charge in [-0.15, -0.1) is 0 Å². The highest BCUT2D eigenvalue weighted by Crippen LogP contribution is 2.02. The lowest BCUT2D eigenvalue weighted by molar-refractivity contribution is 1.26. The van der Waals surface area contributed by atoms with Crippen LogP contribution in [-0.4, -0.2) is 0 Å². The standard InChI is InChI=1S/C7H9N.H4N2/c1-6-2-4-7(8)5-3-6;1-2/h2-5H,8H2,1H3;1-2H2. The molecule has 1 aromatic rings. The van der Waals surface area contributed by atoms with E-state index in [1.54, 1.807) is 0 Å². The highest BCUT2D eigenvalue weighted by molar-refractivity contribution is 5.38. The van der Waals surface area contributed by atoms with Gasteiger partial charge in [-0.05, 0) is 19.1 Å². The number of benzene rings is 1. The molecule has 0 spiro atoms. The first-order valence-electron chi connectivity index (χ1n) is 2.94. The minimum absolute atomic E-state index is 0.829. The Morgan fingerprint density at radius 2 is 1.40 bits per heavy atom. The van der Waals surface area contributed by atoms with E-state index in [0.29, 0.717) is 0 Å². The van der Waals surface area contributed by atoms with Crippen molar-refractivity contribution in [3.63, 3.8) is 0 Å². The van der Waals surface area contributed by atoms with E-state index in [-0.39, 0.29) is 0 Å². The minimum atomic E-state index is 0.829. The van der Waals surface area contributed by atoms with Gasteiger partial charge in [-0.1, -0.05) is 17.7 Å². The molecular formula is C7H13N3. The lowest BCUT2D eigenvalue weighted by Crippen LogP contribution is -2.02. The van der Waals surface area contributed by atoms with Gasteiger partial charge in [-0.2, -0.15) is 0 Å². The highest BCUT2D eigenvalue weighted by atomic mass is 15.0. The van der Waals surface area contributed by atoms with Gasteiger partial charge < -0.3 is 5.73 Å². The summed E-state index contributed by atoms with van der Waals surface area (Å²) in [5.41, 5.74) is 7.51. The van der Waals surface area contributed by atoms with Crippen LogP contribution in [0, 0.1) is 6.92 Å². The summed E-state index contributed by atoms with van der Waals surface area (Å²) in [6.07, 6.45) is 0. The molecule has 0 unspecified atom stereocenters. The van der Waals surface area contributed by atoms with E-state index < -0.39 is 0 Å². The summed E-state index contributed by atoms with van der Waals surface area (Å²) in [5, 5.41) is 0. The van der Waals surface area contributed by atoms with E-state index in [9.17, 15) is 0 Å². The highest BCUT2D eigenvalue weighted by Gasteiger charge is 1.80. The number of nitrogen functional groups attached to an aromatic ring is 1. The van der Waals surface area contributed by atoms with Crippen LogP contribution in [0.2, 0.25) is 0 Å². The fraction of sp³-hybridized carbons (Fsp3) is 0.143. The summed E-state index contributed by atoms with van der Waals surface area (Å²) >= 11 is 0. The zero-order chi connectivity index (χ0) is 7.98. The molecule has 0 amide bonds. The van der Waals surface area contributed by atoms with Gasteiger partial charge in [-0.25, -0.2) is 0 Å². The van der Waals surface area contributed by atoms with Crippen LogP contribution in [-0.2, 0) is 0 Å². The molecule has 0 fully saturated rings. The molecule has 3 nitrogen and oxygen atoms in total. The smallest absolute Gasteiger partial charge is 0.0314 e. The maximum atomic E-state index is 5.43. The van der Waals surface area contributed by atoms with E-state index in [4.69, 9.17) is 5.73 Å². The second kappa shape index (κ2) is 4.78. The summed E-state index contributed by atoms with van der Waals surface area (Å²) in [4.78, 5) is 0. The second-order valence-corrected chi connectivity index (χ2v) is 1.91. The number of hydrogen-bond acceptors (Lipinski definition) is 3. The number of aryl methyl sites for hydroxylation is 1. The van der Waals surface area contributed by atoms with Gasteiger partial charge in [0, 0.05) is 5.69 Å². The van der Waals surface area contributed by atoms with Crippen LogP contribution in [0.25, 0.3) is 0 Å². The first kappa shape index (κ1) is 8.94. The SMILES string of the molecule is Cc1ccc(N)cc1.NN. The maximum absolute atomic E-state index is 5.43. The van der Waals surface area contributed by atoms with Crippen LogP contribution in [0.15, 0.2) is 24.3 Å². The first-order chi connectivity index (χ1) is 4.79. The predicted octanol–water partition coefficient (Wildman–Crippen LogP) is 0.396. The van der Waals surface area contributed by atoms with E-state index in [2.05, 4.69) is 11.7 Å². The average Bonchev–Trinajstić information content (AvgIpc) is 2.00. The Bertz CT molecular complexity index is 148. The normalized spacial score (nSPS) is 7.90. The van der Waals surface area contributed by atoms with Crippen molar-refractivity contribution in [1.82, 2.24) is 0 Å². The lowest BCUT2D eigenvalue weighted by atomic mass is 10.2. The third-order valence-electron chi connectivity index (χ3n) is 1.08. The number of hydrazine groups is 1. The maximum Gasteiger partial charge on any atom is 0.0314 e. The third kappa shape index (κ3) is 3.06. The van der Waals surface area contributed by atoms with Crippen LogP contribution in [0.5, 0.6) is 0 Å². The summed E-state index contributed by atoms with van der Waals surface area (Å²) < 4.78 is 0. The fourth-order valence-electron chi connectivity index (χ4n) is 0.566. The Hall–Kier alpha value is -1.06. The molecule has 0 radical (unpaired) electrons. The summed E-state index contributed by atoms with van der Waals surface area (Å²) in [6, 6.07) is 7.79. The van der Waals surface area contributed by atoms with Crippen molar-refractivity contribution in [2.75, 3.05) is 5.73 Å². The van der Waals surface area contributed by atoms with Gasteiger partial charge >= 0.3 is 0 Å². The van der Waals surface area contributed by atoms with Crippen molar-refractivity contribution in [1.29, 1.82) is 0 Å². The minimum Gasteiger partial charge on any atom is -0.399 e. The molecule has 56 valence electrons. The zero-order valence-corrected chi connectivity index (χ0v) is 6.04. The van der Waals surface area contributed by atoms with Crippen LogP contribution >= 0.6 is 0 Å². The van der Waals surface area contributed by atoms with Crippen LogP contribution in [0.3, 0.4) is 0 Å². The van der Waals surface area contributed by atoms with Gasteiger partial charge in [0.25, 0.3) is 0 Å². The molecule has 0 aliphatic heterocycles. The predicted molar refractivity (Wildman–Crippen MR) is 44.0 cm³/mol. The molecule has 1 rings (SSSR count). The van der Waals surface area contributed by atoms with Crippen molar-refractivity contribution in [2.45, 2.75) is 6.92 Å². The molecule has 10 heavy (non-hydrogen) atoms. The first-order valence-corrected chi connectivity index (χ1v) is 2.94. The summed E-state index contributed by atoms with van der Waals surface area (Å²) in [5.74, 6) is 8.00. The number of nitrogens with two attached hydrogens (primary N) is 3. The van der Waals surface area contributed by atoms with Gasteiger partial charge in [0.1, 0.15) is 0 Å². The van der Waals surface area contributed by atoms with Crippen molar-refractivity contribution < 1.29 is 0 Å². The molecule has 0 bridgehead atoms. The van der Waals surface area contributed by atoms with E-state index in [0.717, 1.165) is 5.69 Å². The van der Waals surface area contributed by atoms with E-state index in [1.807, 2.05) is 31.2 Å². The van der Waals surface area contributed by atoms with Crippen molar-refractivity contribution >= 4 is 5.69 Å². The molecule has 6 N–H and O–H groups in total. The average molecular weight is 139 g/mol. The number of rotatable bonds is 0. The van der Waals surface area contributed by atoms with Crippen LogP contribution < -0.4 is 17.4 Å². The molecule has 0 heterocycles. The molecule has 0 atom stereocenters. The largest absolute Gasteiger partial charge is 0.399 e. The van der Waals surface area contributed by atoms with Gasteiger partial charge in [-0.3, -0.25) is 11.7 Å². The molecule has 0 aromatic heterocycles. The molecular weight excluding hydrogens is 126 g/mol. The fourth-order valence-corrected chi connectivity index (χ4v) is 0.566. The second-order valence-electron chi connectivity index (χ2n) is 1.91. The Balaban J connectivity index is 0.000000371. The molecule has 0 aliphatic carbocycles. The molecule has 1 aromatic carbocycles. The van der Waals surface area contributed by atoms with Crippen molar-refractivity contribution in [3.8, 4) is 0 Å². The Labute approximate surface area is 60.8 Å². The Morgan fingerprint density at radius 3 is 1.70 bits per heavy atom. The quantitative estimate of drug-likeness (QED) is 0.276. The van der Waals surface area contributed by atoms with E-state index >= 15 is 0 Å². The lowest BCUT2D eigenvalue weighted by Gasteiger charge is -1.90. The monoisotopic (exact) mass is 139 g/mol.